The van der Waals surface area contributed by atoms with Crippen molar-refractivity contribution >= 4 is 11.8 Å². The first-order chi connectivity index (χ1) is 11.0. The van der Waals surface area contributed by atoms with Crippen molar-refractivity contribution in [2.24, 2.45) is 17.6 Å². The molecule has 0 spiro atoms. The molecule has 2 N–H and O–H groups in total. The van der Waals surface area contributed by atoms with E-state index in [0.717, 1.165) is 12.3 Å². The highest BCUT2D eigenvalue weighted by atomic mass is 16.2. The van der Waals surface area contributed by atoms with E-state index in [1.807, 2.05) is 23.6 Å². The second-order valence-corrected chi connectivity index (χ2v) is 7.40. The van der Waals surface area contributed by atoms with Gasteiger partial charge in [-0.25, -0.2) is 0 Å². The monoisotopic (exact) mass is 323 g/mol. The third-order valence-corrected chi connectivity index (χ3v) is 5.61. The van der Waals surface area contributed by atoms with Crippen LogP contribution in [0, 0.1) is 11.8 Å². The normalized spacial score (nSPS) is 22.7. The van der Waals surface area contributed by atoms with E-state index in [0.29, 0.717) is 32.6 Å². The average Bonchev–Trinajstić information content (AvgIpc) is 2.59. The zero-order chi connectivity index (χ0) is 16.8. The Bertz CT molecular complexity index is 397. The van der Waals surface area contributed by atoms with E-state index in [4.69, 9.17) is 5.73 Å². The van der Waals surface area contributed by atoms with Crippen LogP contribution >= 0.6 is 0 Å². The summed E-state index contributed by atoms with van der Waals surface area (Å²) in [4.78, 5) is 28.4. The van der Waals surface area contributed by atoms with Gasteiger partial charge in [-0.3, -0.25) is 9.59 Å². The summed E-state index contributed by atoms with van der Waals surface area (Å²) in [5.41, 5.74) is 5.82. The molecule has 5 nitrogen and oxygen atoms in total. The van der Waals surface area contributed by atoms with Gasteiger partial charge in [0.15, 0.2) is 0 Å². The molecule has 2 aliphatic rings. The van der Waals surface area contributed by atoms with E-state index in [2.05, 4.69) is 0 Å². The molecule has 1 saturated carbocycles. The zero-order valence-electron chi connectivity index (χ0n) is 14.8. The van der Waals surface area contributed by atoms with Gasteiger partial charge in [0.1, 0.15) is 0 Å². The number of carbonyl (C=O) groups excluding carboxylic acids is 2. The lowest BCUT2D eigenvalue weighted by Crippen LogP contribution is -2.53. The molecule has 132 valence electrons. The van der Waals surface area contributed by atoms with Crippen molar-refractivity contribution in [2.45, 2.75) is 64.8 Å². The largest absolute Gasteiger partial charge is 0.339 e. The molecule has 0 aromatic carbocycles. The number of hydrogen-bond acceptors (Lipinski definition) is 3. The van der Waals surface area contributed by atoms with Crippen molar-refractivity contribution in [1.29, 1.82) is 0 Å². The summed E-state index contributed by atoms with van der Waals surface area (Å²) in [5, 5.41) is 0. The first-order valence-corrected chi connectivity index (χ1v) is 9.31. The van der Waals surface area contributed by atoms with Crippen molar-refractivity contribution in [3.8, 4) is 0 Å². The number of nitrogens with two attached hydrogens (primary N) is 1. The Balaban J connectivity index is 1.70. The topological polar surface area (TPSA) is 66.6 Å². The Morgan fingerprint density at radius 1 is 1.00 bits per heavy atom. The van der Waals surface area contributed by atoms with E-state index in [1.165, 1.54) is 32.1 Å². The van der Waals surface area contributed by atoms with E-state index < -0.39 is 0 Å². The van der Waals surface area contributed by atoms with Gasteiger partial charge in [-0.2, -0.15) is 0 Å². The summed E-state index contributed by atoms with van der Waals surface area (Å²) in [6.45, 7) is 6.38. The van der Waals surface area contributed by atoms with Crippen LogP contribution in [0.25, 0.3) is 0 Å². The number of amides is 2. The highest BCUT2D eigenvalue weighted by Crippen LogP contribution is 2.27. The van der Waals surface area contributed by atoms with Crippen LogP contribution in [0.2, 0.25) is 0 Å². The summed E-state index contributed by atoms with van der Waals surface area (Å²) in [6, 6.07) is -0.127. The van der Waals surface area contributed by atoms with Crippen LogP contribution in [-0.4, -0.2) is 53.8 Å². The molecule has 2 unspecified atom stereocenters. The molecule has 23 heavy (non-hydrogen) atoms. The maximum atomic E-state index is 12.4. The minimum Gasteiger partial charge on any atom is -0.339 e. The molecule has 1 aliphatic heterocycles. The lowest BCUT2D eigenvalue weighted by Gasteiger charge is -2.36. The van der Waals surface area contributed by atoms with E-state index in [-0.39, 0.29) is 23.8 Å². The van der Waals surface area contributed by atoms with Crippen molar-refractivity contribution in [1.82, 2.24) is 9.80 Å². The summed E-state index contributed by atoms with van der Waals surface area (Å²) < 4.78 is 0. The van der Waals surface area contributed by atoms with Crippen LogP contribution in [0.5, 0.6) is 0 Å². The van der Waals surface area contributed by atoms with Gasteiger partial charge >= 0.3 is 0 Å². The molecule has 2 fully saturated rings. The molecule has 0 radical (unpaired) electrons. The van der Waals surface area contributed by atoms with Crippen molar-refractivity contribution in [3.63, 3.8) is 0 Å². The predicted octanol–water partition coefficient (Wildman–Crippen LogP) is 2.00. The molecule has 2 atom stereocenters. The van der Waals surface area contributed by atoms with E-state index >= 15 is 0 Å². The Hall–Kier alpha value is -1.10. The number of carbonyl (C=O) groups is 2. The van der Waals surface area contributed by atoms with E-state index in [1.54, 1.807) is 0 Å². The van der Waals surface area contributed by atoms with Gasteiger partial charge < -0.3 is 15.5 Å². The Labute approximate surface area is 140 Å². The van der Waals surface area contributed by atoms with E-state index in [9.17, 15) is 9.59 Å². The van der Waals surface area contributed by atoms with Gasteiger partial charge in [-0.05, 0) is 19.3 Å². The second kappa shape index (κ2) is 8.67. The summed E-state index contributed by atoms with van der Waals surface area (Å²) >= 11 is 0. The molecule has 0 bridgehead atoms. The van der Waals surface area contributed by atoms with Crippen molar-refractivity contribution in [3.05, 3.63) is 0 Å². The van der Waals surface area contributed by atoms with Gasteiger partial charge in [-0.15, -0.1) is 0 Å². The van der Waals surface area contributed by atoms with Crippen molar-refractivity contribution < 1.29 is 9.59 Å². The van der Waals surface area contributed by atoms with Crippen LogP contribution in [-0.2, 0) is 9.59 Å². The second-order valence-electron chi connectivity index (χ2n) is 7.40. The molecule has 1 heterocycles. The lowest BCUT2D eigenvalue weighted by atomic mass is 9.86. The molecular formula is C18H33N3O2. The molecule has 1 aliphatic carbocycles. The Morgan fingerprint density at radius 3 is 2.13 bits per heavy atom. The van der Waals surface area contributed by atoms with Gasteiger partial charge in [0.2, 0.25) is 11.8 Å². The third kappa shape index (κ3) is 5.20. The first-order valence-electron chi connectivity index (χ1n) is 9.31. The summed E-state index contributed by atoms with van der Waals surface area (Å²) in [7, 11) is 0. The molecule has 2 rings (SSSR count). The maximum Gasteiger partial charge on any atom is 0.227 e. The van der Waals surface area contributed by atoms with Gasteiger partial charge in [0.25, 0.3) is 0 Å². The summed E-state index contributed by atoms with van der Waals surface area (Å²) in [5.74, 6) is 0.989. The number of rotatable bonds is 5. The Kier molecular flexibility index (Phi) is 6.88. The minimum atomic E-state index is -0.149. The maximum absolute atomic E-state index is 12.4. The fourth-order valence-electron chi connectivity index (χ4n) is 3.65. The fraction of sp³-hybridized carbons (Fsp3) is 0.889. The molecule has 0 aromatic rings. The zero-order valence-corrected chi connectivity index (χ0v) is 14.8. The minimum absolute atomic E-state index is 0.120. The van der Waals surface area contributed by atoms with Crippen LogP contribution in [0.1, 0.15) is 58.8 Å². The van der Waals surface area contributed by atoms with Crippen LogP contribution in [0.3, 0.4) is 0 Å². The standard InChI is InChI=1S/C18H33N3O2/c1-14(15(2)19)18(23)21-12-10-20(11-13-21)17(22)9-8-16-6-4-3-5-7-16/h14-16H,3-13,19H2,1-2H3. The SMILES string of the molecule is CC(N)C(C)C(=O)N1CCN(C(=O)CCC2CCCCC2)CC1. The lowest BCUT2D eigenvalue weighted by molar-refractivity contribution is -0.142. The highest BCUT2D eigenvalue weighted by molar-refractivity contribution is 5.80. The average molecular weight is 323 g/mol. The fourth-order valence-corrected chi connectivity index (χ4v) is 3.65. The molecule has 2 amide bonds. The van der Waals surface area contributed by atoms with Gasteiger partial charge in [-0.1, -0.05) is 39.0 Å². The quantitative estimate of drug-likeness (QED) is 0.841. The third-order valence-electron chi connectivity index (χ3n) is 5.61. The van der Waals surface area contributed by atoms with Crippen LogP contribution in [0.15, 0.2) is 0 Å². The molecule has 0 aromatic heterocycles. The molecule has 5 heteroatoms. The first kappa shape index (κ1) is 18.2. The van der Waals surface area contributed by atoms with Crippen molar-refractivity contribution in [2.75, 3.05) is 26.2 Å². The summed E-state index contributed by atoms with van der Waals surface area (Å²) in [6.07, 6.45) is 8.33. The highest BCUT2D eigenvalue weighted by Gasteiger charge is 2.28. The molecular weight excluding hydrogens is 290 g/mol. The number of piperazine rings is 1. The number of hydrogen-bond donors (Lipinski definition) is 1. The van der Waals surface area contributed by atoms with Crippen LogP contribution < -0.4 is 5.73 Å². The number of nitrogens with zero attached hydrogens (tertiary/aromatic N) is 2. The van der Waals surface area contributed by atoms with Crippen LogP contribution in [0.4, 0.5) is 0 Å². The van der Waals surface area contributed by atoms with Gasteiger partial charge in [0.05, 0.1) is 5.92 Å². The Morgan fingerprint density at radius 2 is 1.57 bits per heavy atom. The molecule has 1 saturated heterocycles. The smallest absolute Gasteiger partial charge is 0.227 e. The van der Waals surface area contributed by atoms with Gasteiger partial charge in [0, 0.05) is 38.6 Å². The predicted molar refractivity (Wildman–Crippen MR) is 91.8 cm³/mol.